The van der Waals surface area contributed by atoms with E-state index in [2.05, 4.69) is 27.0 Å². The van der Waals surface area contributed by atoms with E-state index in [1.54, 1.807) is 56.4 Å². The van der Waals surface area contributed by atoms with Crippen LogP contribution in [0.4, 0.5) is 10.5 Å². The van der Waals surface area contributed by atoms with Gasteiger partial charge in [0.15, 0.2) is 5.69 Å². The number of anilines is 1. The first-order valence-corrected chi connectivity index (χ1v) is 19.3. The molecule has 3 N–H and O–H groups in total. The SMILES string of the molecule is COC(=O)c1nc(C(=O)NCC2CCCCC2)ccc1-c1cc2c(cc1C(=O)Nc1c(C)cc(CNC(=O)OC(C)(C)C)cc1C)-c1sccc1CCO2. The number of aryl methyl sites for hydroxylation is 2. The lowest BCUT2D eigenvalue weighted by Gasteiger charge is -2.21. The van der Waals surface area contributed by atoms with Crippen molar-refractivity contribution in [1.82, 2.24) is 15.6 Å². The molecule has 0 atom stereocenters. The van der Waals surface area contributed by atoms with Gasteiger partial charge in [0.1, 0.15) is 17.0 Å². The highest BCUT2D eigenvalue weighted by Gasteiger charge is 2.28. The van der Waals surface area contributed by atoms with Crippen molar-refractivity contribution in [2.75, 3.05) is 25.6 Å². The Morgan fingerprint density at radius 1 is 0.907 bits per heavy atom. The van der Waals surface area contributed by atoms with Crippen molar-refractivity contribution in [2.24, 2.45) is 5.92 Å². The zero-order chi connectivity index (χ0) is 38.6. The molecule has 54 heavy (non-hydrogen) atoms. The topological polar surface area (TPSA) is 145 Å². The van der Waals surface area contributed by atoms with Crippen LogP contribution in [0.2, 0.25) is 0 Å². The first kappa shape index (κ1) is 38.5. The van der Waals surface area contributed by atoms with E-state index in [1.165, 1.54) is 13.5 Å². The van der Waals surface area contributed by atoms with Crippen LogP contribution in [-0.2, 0) is 22.4 Å². The molecule has 2 aromatic heterocycles. The van der Waals surface area contributed by atoms with Gasteiger partial charge in [-0.05, 0) is 111 Å². The van der Waals surface area contributed by atoms with Crippen LogP contribution in [0.5, 0.6) is 5.75 Å². The van der Waals surface area contributed by atoms with Crippen LogP contribution in [0.15, 0.2) is 47.8 Å². The second-order valence-corrected chi connectivity index (χ2v) is 15.9. The number of benzene rings is 2. The number of carbonyl (C=O) groups excluding carboxylic acids is 4. The second kappa shape index (κ2) is 16.4. The Morgan fingerprint density at radius 2 is 1.65 bits per heavy atom. The number of carbonyl (C=O) groups is 4. The average Bonchev–Trinajstić information content (AvgIpc) is 3.54. The predicted octanol–water partition coefficient (Wildman–Crippen LogP) is 8.40. The maximum atomic E-state index is 14.5. The summed E-state index contributed by atoms with van der Waals surface area (Å²) in [5.41, 5.74) is 5.36. The van der Waals surface area contributed by atoms with Crippen molar-refractivity contribution in [1.29, 1.82) is 0 Å². The fourth-order valence-corrected chi connectivity index (χ4v) is 8.10. The normalized spacial score (nSPS) is 14.1. The van der Waals surface area contributed by atoms with Crippen molar-refractivity contribution in [3.8, 4) is 27.3 Å². The zero-order valence-corrected chi connectivity index (χ0v) is 32.6. The lowest BCUT2D eigenvalue weighted by atomic mass is 9.89. The molecule has 12 heteroatoms. The molecular weight excluding hydrogens is 705 g/mol. The van der Waals surface area contributed by atoms with E-state index in [1.807, 2.05) is 31.4 Å². The van der Waals surface area contributed by atoms with E-state index < -0.39 is 23.6 Å². The van der Waals surface area contributed by atoms with Crippen LogP contribution in [0.25, 0.3) is 21.6 Å². The van der Waals surface area contributed by atoms with Crippen molar-refractivity contribution in [3.05, 3.63) is 87.0 Å². The van der Waals surface area contributed by atoms with Crippen molar-refractivity contribution in [3.63, 3.8) is 0 Å². The van der Waals surface area contributed by atoms with Gasteiger partial charge in [-0.15, -0.1) is 11.3 Å². The Kier molecular flexibility index (Phi) is 11.7. The van der Waals surface area contributed by atoms with Gasteiger partial charge in [0.2, 0.25) is 0 Å². The summed E-state index contributed by atoms with van der Waals surface area (Å²) in [7, 11) is 1.26. The Hall–Kier alpha value is -5.23. The van der Waals surface area contributed by atoms with Gasteiger partial charge in [0.05, 0.1) is 13.7 Å². The summed E-state index contributed by atoms with van der Waals surface area (Å²) in [5, 5.41) is 10.9. The third-order valence-corrected chi connectivity index (χ3v) is 10.7. The van der Waals surface area contributed by atoms with Crippen molar-refractivity contribution < 1.29 is 33.4 Å². The Labute approximate surface area is 320 Å². The number of esters is 1. The molecule has 11 nitrogen and oxygen atoms in total. The molecule has 0 saturated heterocycles. The standard InChI is InChI=1S/C42H48N4O7S/c1-24-18-27(23-44-41(50)53-42(3,4)5)19-25(2)35(24)46-38(47)31-20-32-34(52-16-14-28-15-17-54-37(28)32)21-30(31)29-12-13-33(45-36(29)40(49)51-6)39(48)43-22-26-10-8-7-9-11-26/h12-13,15,17-21,26H,7-11,14,16,22-23H2,1-6H3,(H,43,48)(H,44,50)(H,46,47). The summed E-state index contributed by atoms with van der Waals surface area (Å²) in [6.07, 6.45) is 5.88. The molecule has 1 saturated carbocycles. The molecule has 1 aliphatic heterocycles. The number of hydrogen-bond acceptors (Lipinski definition) is 9. The van der Waals surface area contributed by atoms with Crippen LogP contribution in [0.3, 0.4) is 0 Å². The molecule has 2 aromatic carbocycles. The molecule has 6 rings (SSSR count). The predicted molar refractivity (Wildman–Crippen MR) is 209 cm³/mol. The number of aromatic nitrogens is 1. The number of pyridine rings is 1. The maximum absolute atomic E-state index is 14.5. The van der Waals surface area contributed by atoms with Gasteiger partial charge in [-0.2, -0.15) is 0 Å². The number of fused-ring (bicyclic) bond motifs is 3. The van der Waals surface area contributed by atoms with E-state index >= 15 is 0 Å². The van der Waals surface area contributed by atoms with E-state index in [9.17, 15) is 19.2 Å². The van der Waals surface area contributed by atoms with Crippen LogP contribution in [-0.4, -0.2) is 54.7 Å². The minimum absolute atomic E-state index is 0.0858. The molecule has 3 heterocycles. The number of hydrogen-bond donors (Lipinski definition) is 3. The molecule has 284 valence electrons. The molecule has 3 amide bonds. The Bertz CT molecular complexity index is 2050. The van der Waals surface area contributed by atoms with E-state index in [0.29, 0.717) is 48.1 Å². The van der Waals surface area contributed by atoms with Gasteiger partial charge in [-0.3, -0.25) is 9.59 Å². The second-order valence-electron chi connectivity index (χ2n) is 15.0. The van der Waals surface area contributed by atoms with Gasteiger partial charge < -0.3 is 30.2 Å². The molecular formula is C42H48N4O7S. The summed E-state index contributed by atoms with van der Waals surface area (Å²) in [6, 6.07) is 12.7. The van der Waals surface area contributed by atoms with Gasteiger partial charge in [-0.1, -0.05) is 31.4 Å². The van der Waals surface area contributed by atoms with Gasteiger partial charge >= 0.3 is 12.1 Å². The third-order valence-electron chi connectivity index (χ3n) is 9.72. The number of nitrogens with zero attached hydrogens (tertiary/aromatic N) is 1. The average molecular weight is 753 g/mol. The Balaban J connectivity index is 1.36. The monoisotopic (exact) mass is 752 g/mol. The highest BCUT2D eigenvalue weighted by molar-refractivity contribution is 7.13. The number of rotatable bonds is 9. The van der Waals surface area contributed by atoms with E-state index in [0.717, 1.165) is 58.4 Å². The summed E-state index contributed by atoms with van der Waals surface area (Å²) in [4.78, 5) is 58.9. The first-order chi connectivity index (χ1) is 25.8. The highest BCUT2D eigenvalue weighted by Crippen LogP contribution is 2.43. The van der Waals surface area contributed by atoms with Gasteiger partial charge in [0.25, 0.3) is 11.8 Å². The van der Waals surface area contributed by atoms with E-state index in [4.69, 9.17) is 14.2 Å². The number of ether oxygens (including phenoxy) is 3. The molecule has 2 aliphatic rings. The number of amides is 3. The summed E-state index contributed by atoms with van der Waals surface area (Å²) < 4.78 is 16.8. The summed E-state index contributed by atoms with van der Waals surface area (Å²) >= 11 is 1.57. The number of nitrogens with one attached hydrogen (secondary N) is 3. The molecule has 1 fully saturated rings. The first-order valence-electron chi connectivity index (χ1n) is 18.4. The fraction of sp³-hybridized carbons (Fsp3) is 0.405. The summed E-state index contributed by atoms with van der Waals surface area (Å²) in [6.45, 7) is 10.4. The molecule has 0 unspecified atom stereocenters. The van der Waals surface area contributed by atoms with Crippen LogP contribution < -0.4 is 20.7 Å². The molecule has 4 aromatic rings. The van der Waals surface area contributed by atoms with Crippen molar-refractivity contribution in [2.45, 2.75) is 85.3 Å². The lowest BCUT2D eigenvalue weighted by molar-refractivity contribution is 0.0522. The molecule has 0 spiro atoms. The van der Waals surface area contributed by atoms with Gasteiger partial charge in [0, 0.05) is 52.3 Å². The van der Waals surface area contributed by atoms with E-state index in [-0.39, 0.29) is 29.4 Å². The van der Waals surface area contributed by atoms with Crippen LogP contribution in [0.1, 0.15) is 106 Å². The van der Waals surface area contributed by atoms with Crippen molar-refractivity contribution >= 4 is 40.9 Å². The molecule has 0 bridgehead atoms. The minimum Gasteiger partial charge on any atom is -0.493 e. The number of alkyl carbamates (subject to hydrolysis) is 1. The highest BCUT2D eigenvalue weighted by atomic mass is 32.1. The summed E-state index contributed by atoms with van der Waals surface area (Å²) in [5.74, 6) is -0.532. The third kappa shape index (κ3) is 8.93. The Morgan fingerprint density at radius 3 is 2.35 bits per heavy atom. The largest absolute Gasteiger partial charge is 0.493 e. The fourth-order valence-electron chi connectivity index (χ4n) is 7.12. The van der Waals surface area contributed by atoms with Gasteiger partial charge in [-0.25, -0.2) is 14.6 Å². The number of methoxy groups -OCH3 is 1. The zero-order valence-electron chi connectivity index (χ0n) is 31.8. The lowest BCUT2D eigenvalue weighted by Crippen LogP contribution is -2.32. The molecule has 1 aliphatic carbocycles. The maximum Gasteiger partial charge on any atom is 0.407 e. The number of thiophene rings is 1. The smallest absolute Gasteiger partial charge is 0.407 e. The molecule has 0 radical (unpaired) electrons. The quantitative estimate of drug-likeness (QED) is 0.145. The van der Waals surface area contributed by atoms with Crippen LogP contribution in [0, 0.1) is 19.8 Å². The van der Waals surface area contributed by atoms with Crippen LogP contribution >= 0.6 is 11.3 Å². The minimum atomic E-state index is -0.739.